The van der Waals surface area contributed by atoms with Crippen LogP contribution in [-0.2, 0) is 11.2 Å². The van der Waals surface area contributed by atoms with Crippen LogP contribution in [-0.4, -0.2) is 15.8 Å². The lowest BCUT2D eigenvalue weighted by Crippen LogP contribution is -2.30. The van der Waals surface area contributed by atoms with E-state index in [2.05, 4.69) is 12.2 Å². The molecule has 0 saturated heterocycles. The number of nitrogens with one attached hydrogen (secondary N) is 2. The van der Waals surface area contributed by atoms with Crippen LogP contribution in [0.2, 0.25) is 0 Å². The van der Waals surface area contributed by atoms with E-state index in [0.29, 0.717) is 18.2 Å². The van der Waals surface area contributed by atoms with Gasteiger partial charge in [-0.3, -0.25) is 19.6 Å². The standard InChI is InChI=1S/C24H23N3O2S/c25-22(16-18-11-5-2-6-12-18)29-23(26)20(15-17-9-3-1-4-10-17)27-24(28)19-13-7-8-14-21(19)30-27/h1,3-5,7-14,20,25-26H,2,6,15-16H2. The van der Waals surface area contributed by atoms with Crippen molar-refractivity contribution in [1.29, 1.82) is 10.8 Å². The Labute approximate surface area is 179 Å². The minimum atomic E-state index is -0.603. The highest BCUT2D eigenvalue weighted by Gasteiger charge is 2.24. The first-order valence-corrected chi connectivity index (χ1v) is 10.7. The number of benzene rings is 2. The van der Waals surface area contributed by atoms with Crippen molar-refractivity contribution in [2.24, 2.45) is 0 Å². The Hall–Kier alpha value is -3.25. The van der Waals surface area contributed by atoms with Crippen LogP contribution in [0.5, 0.6) is 0 Å². The van der Waals surface area contributed by atoms with Crippen LogP contribution in [0.1, 0.15) is 30.9 Å². The number of aromatic nitrogens is 1. The van der Waals surface area contributed by atoms with Crippen LogP contribution in [0.15, 0.2) is 83.2 Å². The Balaban J connectivity index is 1.61. The van der Waals surface area contributed by atoms with Gasteiger partial charge in [0, 0.05) is 12.8 Å². The van der Waals surface area contributed by atoms with Gasteiger partial charge in [0.05, 0.1) is 10.1 Å². The second-order valence-electron chi connectivity index (χ2n) is 7.25. The molecule has 0 saturated carbocycles. The highest BCUT2D eigenvalue weighted by molar-refractivity contribution is 7.14. The normalized spacial score (nSPS) is 14.3. The van der Waals surface area contributed by atoms with E-state index in [1.807, 2.05) is 54.6 Å². The quantitative estimate of drug-likeness (QED) is 0.411. The molecule has 1 atom stereocenters. The molecule has 152 valence electrons. The Kier molecular flexibility index (Phi) is 6.05. The third-order valence-corrected chi connectivity index (χ3v) is 6.21. The molecule has 1 unspecified atom stereocenters. The maximum Gasteiger partial charge on any atom is 0.269 e. The molecule has 0 radical (unpaired) electrons. The minimum Gasteiger partial charge on any atom is -0.427 e. The van der Waals surface area contributed by atoms with Gasteiger partial charge in [-0.15, -0.1) is 0 Å². The van der Waals surface area contributed by atoms with E-state index in [4.69, 9.17) is 15.6 Å². The second-order valence-corrected chi connectivity index (χ2v) is 8.26. The molecule has 4 rings (SSSR count). The van der Waals surface area contributed by atoms with Gasteiger partial charge in [-0.1, -0.05) is 72.2 Å². The number of fused-ring (bicyclic) bond motifs is 1. The molecule has 30 heavy (non-hydrogen) atoms. The van der Waals surface area contributed by atoms with E-state index in [9.17, 15) is 4.79 Å². The first-order chi connectivity index (χ1) is 14.6. The molecule has 6 heteroatoms. The average Bonchev–Trinajstić information content (AvgIpc) is 3.10. The number of rotatable bonds is 6. The Bertz CT molecular complexity index is 1190. The highest BCUT2D eigenvalue weighted by atomic mass is 32.1. The summed E-state index contributed by atoms with van der Waals surface area (Å²) in [5.41, 5.74) is 1.90. The molecule has 0 aliphatic heterocycles. The maximum atomic E-state index is 13.0. The molecular formula is C24H23N3O2S. The van der Waals surface area contributed by atoms with E-state index < -0.39 is 6.04 Å². The first kappa shape index (κ1) is 20.0. The maximum absolute atomic E-state index is 13.0. The van der Waals surface area contributed by atoms with Crippen molar-refractivity contribution in [3.63, 3.8) is 0 Å². The molecule has 1 heterocycles. The Morgan fingerprint density at radius 3 is 2.57 bits per heavy atom. The summed E-state index contributed by atoms with van der Waals surface area (Å²) in [6.07, 6.45) is 8.96. The Morgan fingerprint density at radius 1 is 1.07 bits per heavy atom. The van der Waals surface area contributed by atoms with E-state index in [0.717, 1.165) is 28.7 Å². The molecule has 0 amide bonds. The average molecular weight is 418 g/mol. The van der Waals surface area contributed by atoms with Gasteiger partial charge in [-0.2, -0.15) is 0 Å². The minimum absolute atomic E-state index is 0.0185. The van der Waals surface area contributed by atoms with E-state index >= 15 is 0 Å². The molecule has 0 fully saturated rings. The zero-order valence-electron chi connectivity index (χ0n) is 16.5. The van der Waals surface area contributed by atoms with Gasteiger partial charge < -0.3 is 4.74 Å². The summed E-state index contributed by atoms with van der Waals surface area (Å²) in [4.78, 5) is 13.0. The number of ether oxygens (including phenoxy) is 1. The topological polar surface area (TPSA) is 78.9 Å². The summed E-state index contributed by atoms with van der Waals surface area (Å²) in [6.45, 7) is 0. The molecule has 1 aliphatic carbocycles. The van der Waals surface area contributed by atoms with Crippen molar-refractivity contribution >= 4 is 33.4 Å². The number of hydrogen-bond acceptors (Lipinski definition) is 5. The van der Waals surface area contributed by atoms with Gasteiger partial charge in [0.25, 0.3) is 5.56 Å². The lowest BCUT2D eigenvalue weighted by atomic mass is 10.0. The second kappa shape index (κ2) is 9.05. The van der Waals surface area contributed by atoms with E-state index in [1.165, 1.54) is 11.5 Å². The van der Waals surface area contributed by atoms with Crippen LogP contribution in [0, 0.1) is 10.8 Å². The summed E-state index contributed by atoms with van der Waals surface area (Å²) < 4.78 is 8.11. The van der Waals surface area contributed by atoms with Gasteiger partial charge in [-0.05, 0) is 36.1 Å². The fourth-order valence-electron chi connectivity index (χ4n) is 3.53. The van der Waals surface area contributed by atoms with Gasteiger partial charge in [0.15, 0.2) is 5.90 Å². The van der Waals surface area contributed by atoms with Gasteiger partial charge >= 0.3 is 0 Å². The monoisotopic (exact) mass is 417 g/mol. The molecule has 1 aromatic heterocycles. The molecular weight excluding hydrogens is 394 g/mol. The summed E-state index contributed by atoms with van der Waals surface area (Å²) >= 11 is 1.33. The molecule has 5 nitrogen and oxygen atoms in total. The van der Waals surface area contributed by atoms with Crippen molar-refractivity contribution < 1.29 is 4.74 Å². The predicted molar refractivity (Wildman–Crippen MR) is 123 cm³/mol. The number of allylic oxidation sites excluding steroid dienone is 3. The van der Waals surface area contributed by atoms with Crippen molar-refractivity contribution in [3.8, 4) is 0 Å². The van der Waals surface area contributed by atoms with Gasteiger partial charge in [-0.25, -0.2) is 0 Å². The smallest absolute Gasteiger partial charge is 0.269 e. The van der Waals surface area contributed by atoms with Crippen LogP contribution >= 0.6 is 11.5 Å². The lowest BCUT2D eigenvalue weighted by Gasteiger charge is -2.19. The van der Waals surface area contributed by atoms with Crippen LogP contribution in [0.4, 0.5) is 0 Å². The van der Waals surface area contributed by atoms with E-state index in [1.54, 1.807) is 10.0 Å². The van der Waals surface area contributed by atoms with Crippen molar-refractivity contribution in [1.82, 2.24) is 3.96 Å². The van der Waals surface area contributed by atoms with Crippen LogP contribution < -0.4 is 5.56 Å². The van der Waals surface area contributed by atoms with Crippen LogP contribution in [0.25, 0.3) is 10.1 Å². The van der Waals surface area contributed by atoms with Gasteiger partial charge in [0.2, 0.25) is 5.90 Å². The lowest BCUT2D eigenvalue weighted by molar-refractivity contribution is 0.457. The van der Waals surface area contributed by atoms with Crippen molar-refractivity contribution in [2.45, 2.75) is 31.7 Å². The summed E-state index contributed by atoms with van der Waals surface area (Å²) in [7, 11) is 0. The van der Waals surface area contributed by atoms with Crippen LogP contribution in [0.3, 0.4) is 0 Å². The molecule has 1 aliphatic rings. The molecule has 2 N–H and O–H groups in total. The zero-order chi connectivity index (χ0) is 20.9. The highest BCUT2D eigenvalue weighted by Crippen LogP contribution is 2.24. The summed E-state index contributed by atoms with van der Waals surface area (Å²) in [6, 6.07) is 16.6. The molecule has 0 bridgehead atoms. The number of nitrogens with zero attached hydrogens (tertiary/aromatic N) is 1. The fraction of sp³-hybridized carbons (Fsp3) is 0.208. The van der Waals surface area contributed by atoms with Crippen molar-refractivity contribution in [3.05, 3.63) is 94.3 Å². The third-order valence-electron chi connectivity index (χ3n) is 5.04. The molecule has 3 aromatic rings. The third kappa shape index (κ3) is 4.49. The summed E-state index contributed by atoms with van der Waals surface area (Å²) in [5.74, 6) is -0.0667. The molecule has 2 aromatic carbocycles. The van der Waals surface area contributed by atoms with Crippen molar-refractivity contribution in [2.75, 3.05) is 0 Å². The van der Waals surface area contributed by atoms with Gasteiger partial charge in [0.1, 0.15) is 6.04 Å². The Morgan fingerprint density at radius 2 is 1.83 bits per heavy atom. The number of hydrogen-bond donors (Lipinski definition) is 2. The first-order valence-electron chi connectivity index (χ1n) is 9.95. The SMILES string of the molecule is N=C(CC1=CCCC=C1)OC(=N)C(Cc1ccccc1)n1sc2ccccc2c1=O. The largest absolute Gasteiger partial charge is 0.427 e. The predicted octanol–water partition coefficient (Wildman–Crippen LogP) is 5.48. The fourth-order valence-corrected chi connectivity index (χ4v) is 4.62. The summed E-state index contributed by atoms with van der Waals surface area (Å²) in [5, 5.41) is 17.5. The molecule has 0 spiro atoms. The zero-order valence-corrected chi connectivity index (χ0v) is 17.3. The van der Waals surface area contributed by atoms with E-state index in [-0.39, 0.29) is 17.4 Å².